The number of rotatable bonds is 5. The summed E-state index contributed by atoms with van der Waals surface area (Å²) < 4.78 is 26.4. The molecule has 0 saturated carbocycles. The topological polar surface area (TPSA) is 94.0 Å². The lowest BCUT2D eigenvalue weighted by Gasteiger charge is -2.23. The minimum absolute atomic E-state index is 0.0167. The van der Waals surface area contributed by atoms with Crippen molar-refractivity contribution in [3.63, 3.8) is 0 Å². The van der Waals surface area contributed by atoms with E-state index in [0.29, 0.717) is 5.69 Å². The van der Waals surface area contributed by atoms with Crippen LogP contribution in [0.5, 0.6) is 0 Å². The Kier molecular flexibility index (Phi) is 4.40. The Morgan fingerprint density at radius 3 is 2.52 bits per heavy atom. The molecular weight excluding hydrogens is 290 g/mol. The number of nitrogens with one attached hydrogen (secondary N) is 1. The normalized spacial score (nSPS) is 10.8. The number of benzene rings is 1. The summed E-state index contributed by atoms with van der Waals surface area (Å²) in [6.45, 7) is -0.0167. The van der Waals surface area contributed by atoms with Gasteiger partial charge in [0, 0.05) is 25.0 Å². The first-order chi connectivity index (χ1) is 10.1. The minimum Gasteiger partial charge on any atom is -0.366 e. The number of aromatic amines is 1. The molecule has 6 nitrogen and oxygen atoms in total. The molecule has 0 radical (unpaired) electrons. The molecule has 1 aromatic heterocycles. The highest BCUT2D eigenvalue weighted by molar-refractivity contribution is 7.92. The largest absolute Gasteiger partial charge is 0.366 e. The third-order valence-corrected chi connectivity index (χ3v) is 4.68. The lowest BCUT2D eigenvalue weighted by molar-refractivity contribution is 0.590. The van der Waals surface area contributed by atoms with E-state index in [1.165, 1.54) is 6.20 Å². The van der Waals surface area contributed by atoms with Gasteiger partial charge < -0.3 is 4.98 Å². The van der Waals surface area contributed by atoms with Crippen molar-refractivity contribution in [1.29, 1.82) is 5.26 Å². The number of aromatic nitrogens is 1. The zero-order valence-electron chi connectivity index (χ0n) is 11.1. The number of nitriles is 1. The Bertz CT molecular complexity index is 807. The van der Waals surface area contributed by atoms with Crippen molar-refractivity contribution >= 4 is 15.7 Å². The van der Waals surface area contributed by atoms with E-state index >= 15 is 0 Å². The van der Waals surface area contributed by atoms with E-state index in [9.17, 15) is 13.2 Å². The average molecular weight is 303 g/mol. The van der Waals surface area contributed by atoms with Gasteiger partial charge in [-0.2, -0.15) is 5.26 Å². The zero-order valence-corrected chi connectivity index (χ0v) is 11.9. The van der Waals surface area contributed by atoms with Crippen LogP contribution < -0.4 is 9.73 Å². The monoisotopic (exact) mass is 303 g/mol. The molecule has 0 atom stereocenters. The van der Waals surface area contributed by atoms with Crippen molar-refractivity contribution in [1.82, 2.24) is 4.98 Å². The van der Waals surface area contributed by atoms with Crippen LogP contribution in [0.4, 0.5) is 5.69 Å². The summed E-state index contributed by atoms with van der Waals surface area (Å²) in [5.74, 6) is 0. The lowest BCUT2D eigenvalue weighted by atomic mass is 10.3. The Morgan fingerprint density at radius 2 is 1.90 bits per heavy atom. The molecule has 0 spiro atoms. The van der Waals surface area contributed by atoms with Gasteiger partial charge in [-0.05, 0) is 12.1 Å². The van der Waals surface area contributed by atoms with Crippen molar-refractivity contribution in [3.05, 3.63) is 59.0 Å². The second kappa shape index (κ2) is 6.24. The Balaban J connectivity index is 2.53. The fourth-order valence-electron chi connectivity index (χ4n) is 1.86. The maximum Gasteiger partial charge on any atom is 0.269 e. The van der Waals surface area contributed by atoms with Crippen LogP contribution in [-0.4, -0.2) is 19.9 Å². The smallest absolute Gasteiger partial charge is 0.269 e. The van der Waals surface area contributed by atoms with E-state index in [1.807, 2.05) is 6.07 Å². The van der Waals surface area contributed by atoms with Gasteiger partial charge in [0.15, 0.2) is 4.90 Å². The summed E-state index contributed by atoms with van der Waals surface area (Å²) in [4.78, 5) is 14.0. The molecule has 1 N–H and O–H groups in total. The van der Waals surface area contributed by atoms with Crippen LogP contribution in [0.3, 0.4) is 0 Å². The highest BCUT2D eigenvalue weighted by Gasteiger charge is 2.26. The van der Waals surface area contributed by atoms with Gasteiger partial charge in [-0.1, -0.05) is 18.2 Å². The van der Waals surface area contributed by atoms with Gasteiger partial charge in [0.25, 0.3) is 10.0 Å². The number of anilines is 1. The van der Waals surface area contributed by atoms with Gasteiger partial charge in [-0.15, -0.1) is 0 Å². The number of nitrogens with zero attached hydrogens (tertiary/aromatic N) is 2. The summed E-state index contributed by atoms with van der Waals surface area (Å²) in [6, 6.07) is 11.4. The number of hydrogen-bond acceptors (Lipinski definition) is 4. The first-order valence-corrected chi connectivity index (χ1v) is 7.63. The molecule has 2 rings (SSSR count). The molecule has 0 aliphatic rings. The Labute approximate surface area is 122 Å². The second-order valence-corrected chi connectivity index (χ2v) is 6.02. The molecule has 1 aromatic carbocycles. The fourth-order valence-corrected chi connectivity index (χ4v) is 3.36. The van der Waals surface area contributed by atoms with Crippen molar-refractivity contribution in [2.75, 3.05) is 10.8 Å². The molecule has 1 heterocycles. The zero-order chi connectivity index (χ0) is 15.3. The van der Waals surface area contributed by atoms with Crippen molar-refractivity contribution < 1.29 is 8.42 Å². The molecular formula is C14H13N3O3S. The predicted molar refractivity (Wildman–Crippen MR) is 78.3 cm³/mol. The lowest BCUT2D eigenvalue weighted by Crippen LogP contribution is -2.34. The predicted octanol–water partition coefficient (Wildman–Crippen LogP) is 1.48. The number of sulfonamides is 1. The van der Waals surface area contributed by atoms with E-state index in [-0.39, 0.29) is 17.9 Å². The van der Waals surface area contributed by atoms with Gasteiger partial charge in [0.05, 0.1) is 18.2 Å². The van der Waals surface area contributed by atoms with Gasteiger partial charge in [0.2, 0.25) is 5.43 Å². The fraction of sp³-hybridized carbons (Fsp3) is 0.143. The minimum atomic E-state index is -4.02. The molecule has 2 aromatic rings. The second-order valence-electron chi connectivity index (χ2n) is 4.19. The molecule has 21 heavy (non-hydrogen) atoms. The van der Waals surface area contributed by atoms with Crippen LogP contribution in [-0.2, 0) is 10.0 Å². The Morgan fingerprint density at radius 1 is 1.19 bits per heavy atom. The van der Waals surface area contributed by atoms with E-state index in [0.717, 1.165) is 16.6 Å². The average Bonchev–Trinajstić information content (AvgIpc) is 2.49. The highest BCUT2D eigenvalue weighted by Crippen LogP contribution is 2.21. The van der Waals surface area contributed by atoms with E-state index in [2.05, 4.69) is 4.98 Å². The van der Waals surface area contributed by atoms with Crippen LogP contribution in [0.25, 0.3) is 0 Å². The molecule has 0 fully saturated rings. The maximum absolute atomic E-state index is 12.7. The summed E-state index contributed by atoms with van der Waals surface area (Å²) in [6.07, 6.45) is 2.54. The van der Waals surface area contributed by atoms with Crippen LogP contribution in [0, 0.1) is 11.3 Å². The first-order valence-electron chi connectivity index (χ1n) is 6.19. The van der Waals surface area contributed by atoms with E-state index < -0.39 is 15.5 Å². The van der Waals surface area contributed by atoms with Crippen molar-refractivity contribution in [2.45, 2.75) is 11.3 Å². The van der Waals surface area contributed by atoms with Crippen LogP contribution in [0.2, 0.25) is 0 Å². The molecule has 0 saturated heterocycles. The summed E-state index contributed by atoms with van der Waals surface area (Å²) in [5, 5.41) is 8.71. The molecule has 0 amide bonds. The maximum atomic E-state index is 12.7. The number of pyridine rings is 1. The SMILES string of the molecule is N#CCCN(c1ccccc1)S(=O)(=O)c1c[nH]ccc1=O. The quantitative estimate of drug-likeness (QED) is 0.905. The van der Waals surface area contributed by atoms with E-state index in [4.69, 9.17) is 5.26 Å². The number of para-hydroxylation sites is 1. The van der Waals surface area contributed by atoms with Crippen molar-refractivity contribution in [2.24, 2.45) is 0 Å². The molecule has 108 valence electrons. The van der Waals surface area contributed by atoms with Gasteiger partial charge in [-0.25, -0.2) is 8.42 Å². The van der Waals surface area contributed by atoms with Crippen LogP contribution in [0.1, 0.15) is 6.42 Å². The van der Waals surface area contributed by atoms with Gasteiger partial charge >= 0.3 is 0 Å². The third kappa shape index (κ3) is 3.12. The van der Waals surface area contributed by atoms with E-state index in [1.54, 1.807) is 30.3 Å². The van der Waals surface area contributed by atoms with Gasteiger partial charge in [-0.3, -0.25) is 9.10 Å². The molecule has 0 bridgehead atoms. The van der Waals surface area contributed by atoms with Crippen LogP contribution >= 0.6 is 0 Å². The molecule has 0 aliphatic carbocycles. The summed E-state index contributed by atoms with van der Waals surface area (Å²) >= 11 is 0. The number of H-pyrrole nitrogens is 1. The Hall–Kier alpha value is -2.59. The third-order valence-electron chi connectivity index (χ3n) is 2.83. The summed E-state index contributed by atoms with van der Waals surface area (Å²) in [7, 11) is -4.02. The van der Waals surface area contributed by atoms with Crippen LogP contribution in [0.15, 0.2) is 58.5 Å². The standard InChI is InChI=1S/C14H13N3O3S/c15-8-4-10-17(12-5-2-1-3-6-12)21(19,20)14-11-16-9-7-13(14)18/h1-3,5-7,9,11H,4,10H2,(H,16,18). The van der Waals surface area contributed by atoms with Crippen molar-refractivity contribution in [3.8, 4) is 6.07 Å². The van der Waals surface area contributed by atoms with Gasteiger partial charge in [0.1, 0.15) is 0 Å². The molecule has 7 heteroatoms. The molecule has 0 unspecified atom stereocenters. The number of hydrogen-bond donors (Lipinski definition) is 1. The molecule has 0 aliphatic heterocycles. The first kappa shape index (κ1) is 14.8. The summed E-state index contributed by atoms with van der Waals surface area (Å²) in [5.41, 5.74) is -0.178. The highest BCUT2D eigenvalue weighted by atomic mass is 32.2.